The second-order valence-electron chi connectivity index (χ2n) is 7.16. The van der Waals surface area contributed by atoms with Gasteiger partial charge in [0.2, 0.25) is 5.91 Å². The standard InChI is InChI=1S/C22H23N3O2/c1-14-24-20(22(25-14)18-8-10-19(26)11-9-18)13-23-21(27)12-15-2-4-16(5-3-15)17-6-7-17/h2-5,8-11,17,26H,6-7,12-13H2,1H3,(H,23,27)(H,24,25). The first-order chi connectivity index (χ1) is 13.1. The van der Waals surface area contributed by atoms with Gasteiger partial charge in [0.15, 0.2) is 0 Å². The number of benzene rings is 2. The van der Waals surface area contributed by atoms with E-state index in [0.29, 0.717) is 13.0 Å². The fourth-order valence-electron chi connectivity index (χ4n) is 3.29. The van der Waals surface area contributed by atoms with Crippen LogP contribution in [0.5, 0.6) is 5.75 Å². The van der Waals surface area contributed by atoms with Crippen LogP contribution in [0.15, 0.2) is 48.5 Å². The average molecular weight is 361 g/mol. The Hall–Kier alpha value is -3.08. The molecule has 1 heterocycles. The normalized spacial score (nSPS) is 13.5. The highest BCUT2D eigenvalue weighted by atomic mass is 16.3. The first kappa shape index (κ1) is 17.3. The van der Waals surface area contributed by atoms with Crippen molar-refractivity contribution in [2.75, 3.05) is 0 Å². The summed E-state index contributed by atoms with van der Waals surface area (Å²) in [5.74, 6) is 1.72. The Bertz CT molecular complexity index is 939. The van der Waals surface area contributed by atoms with Gasteiger partial charge in [0.25, 0.3) is 0 Å². The van der Waals surface area contributed by atoms with Gasteiger partial charge >= 0.3 is 0 Å². The maximum absolute atomic E-state index is 12.3. The predicted octanol–water partition coefficient (Wildman–Crippen LogP) is 3.83. The van der Waals surface area contributed by atoms with Crippen molar-refractivity contribution >= 4 is 5.91 Å². The van der Waals surface area contributed by atoms with Crippen LogP contribution >= 0.6 is 0 Å². The molecule has 138 valence electrons. The van der Waals surface area contributed by atoms with Gasteiger partial charge in [-0.1, -0.05) is 24.3 Å². The number of hydrogen-bond acceptors (Lipinski definition) is 3. The third-order valence-electron chi connectivity index (χ3n) is 4.90. The van der Waals surface area contributed by atoms with Crippen molar-refractivity contribution in [3.8, 4) is 17.0 Å². The Morgan fingerprint density at radius 3 is 2.52 bits per heavy atom. The van der Waals surface area contributed by atoms with Gasteiger partial charge in [-0.3, -0.25) is 4.79 Å². The number of H-pyrrole nitrogens is 1. The molecule has 5 nitrogen and oxygen atoms in total. The number of aryl methyl sites for hydroxylation is 1. The molecule has 3 aromatic rings. The fraction of sp³-hybridized carbons (Fsp3) is 0.273. The van der Waals surface area contributed by atoms with Gasteiger partial charge in [-0.25, -0.2) is 4.98 Å². The average Bonchev–Trinajstić information content (AvgIpc) is 3.44. The smallest absolute Gasteiger partial charge is 0.224 e. The van der Waals surface area contributed by atoms with Crippen molar-refractivity contribution in [1.82, 2.24) is 15.3 Å². The largest absolute Gasteiger partial charge is 0.508 e. The second-order valence-corrected chi connectivity index (χ2v) is 7.16. The number of amides is 1. The zero-order chi connectivity index (χ0) is 18.8. The molecule has 27 heavy (non-hydrogen) atoms. The highest BCUT2D eigenvalue weighted by molar-refractivity contribution is 5.78. The Morgan fingerprint density at radius 1 is 1.15 bits per heavy atom. The predicted molar refractivity (Wildman–Crippen MR) is 104 cm³/mol. The zero-order valence-electron chi connectivity index (χ0n) is 15.3. The lowest BCUT2D eigenvalue weighted by molar-refractivity contribution is -0.120. The van der Waals surface area contributed by atoms with Gasteiger partial charge in [0.05, 0.1) is 24.4 Å². The zero-order valence-corrected chi connectivity index (χ0v) is 15.3. The molecule has 1 aliphatic carbocycles. The number of carbonyl (C=O) groups is 1. The first-order valence-corrected chi connectivity index (χ1v) is 9.29. The van der Waals surface area contributed by atoms with E-state index in [1.165, 1.54) is 18.4 Å². The number of phenols is 1. The van der Waals surface area contributed by atoms with Gasteiger partial charge in [-0.2, -0.15) is 0 Å². The summed E-state index contributed by atoms with van der Waals surface area (Å²) in [6, 6.07) is 15.3. The Balaban J connectivity index is 1.39. The Kier molecular flexibility index (Phi) is 4.67. The van der Waals surface area contributed by atoms with Crippen LogP contribution in [0.4, 0.5) is 0 Å². The molecule has 4 rings (SSSR count). The topological polar surface area (TPSA) is 78.0 Å². The van der Waals surface area contributed by atoms with Crippen molar-refractivity contribution in [3.05, 3.63) is 71.2 Å². The van der Waals surface area contributed by atoms with Crippen LogP contribution in [0.2, 0.25) is 0 Å². The van der Waals surface area contributed by atoms with E-state index in [9.17, 15) is 9.90 Å². The van der Waals surface area contributed by atoms with Crippen LogP contribution in [0.3, 0.4) is 0 Å². The quantitative estimate of drug-likeness (QED) is 0.624. The summed E-state index contributed by atoms with van der Waals surface area (Å²) < 4.78 is 0. The highest BCUT2D eigenvalue weighted by Gasteiger charge is 2.23. The number of aromatic hydroxyl groups is 1. The van der Waals surface area contributed by atoms with E-state index in [2.05, 4.69) is 27.4 Å². The van der Waals surface area contributed by atoms with E-state index < -0.39 is 0 Å². The molecule has 1 saturated carbocycles. The molecule has 2 aromatic carbocycles. The summed E-state index contributed by atoms with van der Waals surface area (Å²) >= 11 is 0. The SMILES string of the molecule is Cc1nc(CNC(=O)Cc2ccc(C3CC3)cc2)c(-c2ccc(O)cc2)[nH]1. The van der Waals surface area contributed by atoms with E-state index >= 15 is 0 Å². The highest BCUT2D eigenvalue weighted by Crippen LogP contribution is 2.39. The lowest BCUT2D eigenvalue weighted by Crippen LogP contribution is -2.25. The molecule has 1 amide bonds. The molecule has 0 bridgehead atoms. The molecule has 1 aliphatic rings. The van der Waals surface area contributed by atoms with Gasteiger partial charge in [0.1, 0.15) is 11.6 Å². The molecule has 0 unspecified atom stereocenters. The second kappa shape index (κ2) is 7.27. The number of rotatable bonds is 6. The third-order valence-corrected chi connectivity index (χ3v) is 4.90. The molecule has 0 radical (unpaired) electrons. The minimum atomic E-state index is -0.0218. The summed E-state index contributed by atoms with van der Waals surface area (Å²) in [6.45, 7) is 2.25. The van der Waals surface area contributed by atoms with Crippen molar-refractivity contribution in [3.63, 3.8) is 0 Å². The molecule has 5 heteroatoms. The van der Waals surface area contributed by atoms with Gasteiger partial charge < -0.3 is 15.4 Å². The summed E-state index contributed by atoms with van der Waals surface area (Å²) in [6.07, 6.45) is 2.93. The summed E-state index contributed by atoms with van der Waals surface area (Å²) in [5.41, 5.74) is 4.98. The lowest BCUT2D eigenvalue weighted by Gasteiger charge is -2.07. The molecular weight excluding hydrogens is 338 g/mol. The van der Waals surface area contributed by atoms with Crippen molar-refractivity contribution in [2.24, 2.45) is 0 Å². The van der Waals surface area contributed by atoms with Crippen LogP contribution in [-0.4, -0.2) is 21.0 Å². The fourth-order valence-corrected chi connectivity index (χ4v) is 3.29. The van der Waals surface area contributed by atoms with E-state index in [0.717, 1.165) is 34.3 Å². The monoisotopic (exact) mass is 361 g/mol. The lowest BCUT2D eigenvalue weighted by atomic mass is 10.1. The van der Waals surface area contributed by atoms with Crippen LogP contribution in [0.25, 0.3) is 11.3 Å². The number of carbonyl (C=O) groups excluding carboxylic acids is 1. The minimum absolute atomic E-state index is 0.0218. The maximum Gasteiger partial charge on any atom is 0.224 e. The molecule has 0 spiro atoms. The molecule has 1 fully saturated rings. The molecule has 0 aliphatic heterocycles. The summed E-state index contributed by atoms with van der Waals surface area (Å²) in [4.78, 5) is 20.1. The van der Waals surface area contributed by atoms with Gasteiger partial charge in [-0.15, -0.1) is 0 Å². The van der Waals surface area contributed by atoms with Crippen LogP contribution in [0.1, 0.15) is 41.4 Å². The summed E-state index contributed by atoms with van der Waals surface area (Å²) in [7, 11) is 0. The summed E-state index contributed by atoms with van der Waals surface area (Å²) in [5, 5.41) is 12.4. The number of phenolic OH excluding ortho intramolecular Hbond substituents is 1. The third kappa shape index (κ3) is 4.19. The van der Waals surface area contributed by atoms with Crippen LogP contribution < -0.4 is 5.32 Å². The van der Waals surface area contributed by atoms with Crippen molar-refractivity contribution in [2.45, 2.75) is 38.6 Å². The number of imidazole rings is 1. The molecule has 0 atom stereocenters. The minimum Gasteiger partial charge on any atom is -0.508 e. The number of hydrogen-bond donors (Lipinski definition) is 3. The molecular formula is C22H23N3O2. The van der Waals surface area contributed by atoms with E-state index in [1.54, 1.807) is 12.1 Å². The maximum atomic E-state index is 12.3. The van der Waals surface area contributed by atoms with Gasteiger partial charge in [-0.05, 0) is 61.1 Å². The Labute approximate surface area is 158 Å². The first-order valence-electron chi connectivity index (χ1n) is 9.29. The van der Waals surface area contributed by atoms with Crippen molar-refractivity contribution in [1.29, 1.82) is 0 Å². The van der Waals surface area contributed by atoms with E-state index in [4.69, 9.17) is 0 Å². The Morgan fingerprint density at radius 2 is 1.85 bits per heavy atom. The molecule has 0 saturated heterocycles. The van der Waals surface area contributed by atoms with Crippen LogP contribution in [-0.2, 0) is 17.8 Å². The number of aromatic nitrogens is 2. The number of nitrogens with one attached hydrogen (secondary N) is 2. The molecule has 3 N–H and O–H groups in total. The number of nitrogens with zero attached hydrogens (tertiary/aromatic N) is 1. The van der Waals surface area contributed by atoms with Crippen LogP contribution in [0, 0.1) is 6.92 Å². The van der Waals surface area contributed by atoms with E-state index in [-0.39, 0.29) is 11.7 Å². The molecule has 1 aromatic heterocycles. The number of aromatic amines is 1. The van der Waals surface area contributed by atoms with Crippen molar-refractivity contribution < 1.29 is 9.90 Å². The van der Waals surface area contributed by atoms with E-state index in [1.807, 2.05) is 31.2 Å². The van der Waals surface area contributed by atoms with Gasteiger partial charge in [0, 0.05) is 5.56 Å².